The molecule has 1 rings (SSSR count). The Balaban J connectivity index is 2.44. The molecule has 0 fully saturated rings. The van der Waals surface area contributed by atoms with E-state index in [4.69, 9.17) is 22.4 Å². The first kappa shape index (κ1) is 13.7. The number of unbranched alkanes of at least 4 members (excludes halogenated alkanes) is 2. The number of carbonyl (C=O) groups excluding carboxylic acids is 1. The van der Waals surface area contributed by atoms with Gasteiger partial charge in [-0.15, -0.1) is 0 Å². The molecule has 0 aromatic carbocycles. The van der Waals surface area contributed by atoms with Gasteiger partial charge in [0.05, 0.1) is 17.4 Å². The number of hydrogen-bond donors (Lipinski definition) is 3. The second kappa shape index (κ2) is 7.09. The molecule has 1 aromatic rings. The zero-order valence-electron chi connectivity index (χ0n) is 9.45. The lowest BCUT2D eigenvalue weighted by atomic mass is 10.2. The van der Waals surface area contributed by atoms with Crippen molar-refractivity contribution in [2.75, 3.05) is 18.9 Å². The van der Waals surface area contributed by atoms with Crippen LogP contribution in [0.4, 0.5) is 5.69 Å². The van der Waals surface area contributed by atoms with Gasteiger partial charge in [-0.1, -0.05) is 11.6 Å². The number of pyridine rings is 1. The lowest BCUT2D eigenvalue weighted by Gasteiger charge is -2.06. The highest BCUT2D eigenvalue weighted by Crippen LogP contribution is 2.15. The van der Waals surface area contributed by atoms with Crippen LogP contribution >= 0.6 is 11.6 Å². The summed E-state index contributed by atoms with van der Waals surface area (Å²) in [7, 11) is 0. The third kappa shape index (κ3) is 4.58. The van der Waals surface area contributed by atoms with Gasteiger partial charge in [0, 0.05) is 13.2 Å². The molecule has 6 heteroatoms. The van der Waals surface area contributed by atoms with Gasteiger partial charge in [-0.3, -0.25) is 4.79 Å². The number of carbonyl (C=O) groups is 1. The van der Waals surface area contributed by atoms with Crippen molar-refractivity contribution < 1.29 is 9.90 Å². The average Bonchev–Trinajstić information content (AvgIpc) is 2.32. The SMILES string of the molecule is Nc1cnc(Cl)c(C(=O)NCCCCCO)c1. The minimum absolute atomic E-state index is 0.145. The highest BCUT2D eigenvalue weighted by Gasteiger charge is 2.10. The molecule has 0 bridgehead atoms. The third-order valence-corrected chi connectivity index (χ3v) is 2.53. The fraction of sp³-hybridized carbons (Fsp3) is 0.455. The van der Waals surface area contributed by atoms with Crippen molar-refractivity contribution >= 4 is 23.2 Å². The number of anilines is 1. The smallest absolute Gasteiger partial charge is 0.254 e. The molecule has 1 heterocycles. The van der Waals surface area contributed by atoms with E-state index in [0.29, 0.717) is 12.2 Å². The number of nitrogen functional groups attached to an aromatic ring is 1. The van der Waals surface area contributed by atoms with Gasteiger partial charge < -0.3 is 16.2 Å². The Morgan fingerprint density at radius 2 is 2.24 bits per heavy atom. The molecule has 0 saturated carbocycles. The maximum atomic E-state index is 11.7. The maximum Gasteiger partial charge on any atom is 0.254 e. The van der Waals surface area contributed by atoms with Gasteiger partial charge in [0.15, 0.2) is 0 Å². The molecule has 0 spiro atoms. The highest BCUT2D eigenvalue weighted by molar-refractivity contribution is 6.32. The molecule has 0 saturated heterocycles. The van der Waals surface area contributed by atoms with Crippen LogP contribution in [0, 0.1) is 0 Å². The topological polar surface area (TPSA) is 88.2 Å². The molecule has 94 valence electrons. The van der Waals surface area contributed by atoms with E-state index in [2.05, 4.69) is 10.3 Å². The standard InChI is InChI=1S/C11H16ClN3O2/c12-10-9(6-8(13)7-15-10)11(17)14-4-2-1-3-5-16/h6-7,16H,1-5,13H2,(H,14,17). The number of hydrogen-bond acceptors (Lipinski definition) is 4. The Hall–Kier alpha value is -1.33. The number of nitrogens with two attached hydrogens (primary N) is 1. The van der Waals surface area contributed by atoms with E-state index >= 15 is 0 Å². The molecule has 1 amide bonds. The molecule has 4 N–H and O–H groups in total. The van der Waals surface area contributed by atoms with Crippen LogP contribution in [0.2, 0.25) is 5.15 Å². The number of aliphatic hydroxyl groups excluding tert-OH is 1. The summed E-state index contributed by atoms with van der Waals surface area (Å²) in [6.07, 6.45) is 3.84. The van der Waals surface area contributed by atoms with Gasteiger partial charge in [0.2, 0.25) is 0 Å². The zero-order valence-corrected chi connectivity index (χ0v) is 10.2. The van der Waals surface area contributed by atoms with Gasteiger partial charge in [0.1, 0.15) is 5.15 Å². The van der Waals surface area contributed by atoms with E-state index in [9.17, 15) is 4.79 Å². The highest BCUT2D eigenvalue weighted by atomic mass is 35.5. The van der Waals surface area contributed by atoms with Crippen molar-refractivity contribution in [3.05, 3.63) is 23.0 Å². The lowest BCUT2D eigenvalue weighted by Crippen LogP contribution is -2.25. The van der Waals surface area contributed by atoms with E-state index < -0.39 is 0 Å². The second-order valence-corrected chi connectivity index (χ2v) is 4.01. The molecular formula is C11H16ClN3O2. The monoisotopic (exact) mass is 257 g/mol. The summed E-state index contributed by atoms with van der Waals surface area (Å²) >= 11 is 5.79. The van der Waals surface area contributed by atoms with Crippen LogP contribution < -0.4 is 11.1 Å². The summed E-state index contributed by atoms with van der Waals surface area (Å²) < 4.78 is 0. The number of nitrogens with zero attached hydrogens (tertiary/aromatic N) is 1. The van der Waals surface area contributed by atoms with Crippen LogP contribution in [0.3, 0.4) is 0 Å². The van der Waals surface area contributed by atoms with Gasteiger partial charge in [-0.05, 0) is 25.3 Å². The van der Waals surface area contributed by atoms with Gasteiger partial charge in [-0.2, -0.15) is 0 Å². The summed E-state index contributed by atoms with van der Waals surface area (Å²) in [4.78, 5) is 15.5. The Kier molecular flexibility index (Phi) is 5.72. The summed E-state index contributed by atoms with van der Waals surface area (Å²) in [6.45, 7) is 0.725. The second-order valence-electron chi connectivity index (χ2n) is 3.65. The number of halogens is 1. The first-order chi connectivity index (χ1) is 8.15. The fourth-order valence-electron chi connectivity index (χ4n) is 1.33. The predicted molar refractivity (Wildman–Crippen MR) is 66.9 cm³/mol. The maximum absolute atomic E-state index is 11.7. The largest absolute Gasteiger partial charge is 0.397 e. The first-order valence-electron chi connectivity index (χ1n) is 5.45. The van der Waals surface area contributed by atoms with Gasteiger partial charge in [-0.25, -0.2) is 4.98 Å². The van der Waals surface area contributed by atoms with Crippen molar-refractivity contribution in [1.82, 2.24) is 10.3 Å². The van der Waals surface area contributed by atoms with Gasteiger partial charge in [0.25, 0.3) is 5.91 Å². The van der Waals surface area contributed by atoms with Crippen LogP contribution in [0.15, 0.2) is 12.3 Å². The van der Waals surface area contributed by atoms with Gasteiger partial charge >= 0.3 is 0 Å². The van der Waals surface area contributed by atoms with Crippen molar-refractivity contribution in [2.45, 2.75) is 19.3 Å². The molecule has 0 aliphatic carbocycles. The Morgan fingerprint density at radius 3 is 2.94 bits per heavy atom. The molecule has 0 aliphatic rings. The molecule has 17 heavy (non-hydrogen) atoms. The van der Waals surface area contributed by atoms with E-state index in [0.717, 1.165) is 19.3 Å². The molecule has 0 radical (unpaired) electrons. The zero-order chi connectivity index (χ0) is 12.7. The third-order valence-electron chi connectivity index (χ3n) is 2.23. The lowest BCUT2D eigenvalue weighted by molar-refractivity contribution is 0.0952. The number of amides is 1. The molecule has 5 nitrogen and oxygen atoms in total. The molecule has 0 atom stereocenters. The molecule has 1 aromatic heterocycles. The summed E-state index contributed by atoms with van der Waals surface area (Å²) in [5.74, 6) is -0.279. The van der Waals surface area contributed by atoms with E-state index in [-0.39, 0.29) is 23.2 Å². The van der Waals surface area contributed by atoms with E-state index in [1.165, 1.54) is 12.3 Å². The number of nitrogens with one attached hydrogen (secondary N) is 1. The fourth-order valence-corrected chi connectivity index (χ4v) is 1.52. The number of aliphatic hydroxyl groups is 1. The van der Waals surface area contributed by atoms with Crippen LogP contribution in [0.1, 0.15) is 29.6 Å². The van der Waals surface area contributed by atoms with E-state index in [1.54, 1.807) is 0 Å². The van der Waals surface area contributed by atoms with Crippen molar-refractivity contribution in [3.8, 4) is 0 Å². The van der Waals surface area contributed by atoms with Crippen molar-refractivity contribution in [2.24, 2.45) is 0 Å². The first-order valence-corrected chi connectivity index (χ1v) is 5.83. The number of aromatic nitrogens is 1. The Bertz CT molecular complexity index is 385. The molecule has 0 unspecified atom stereocenters. The van der Waals surface area contributed by atoms with Crippen molar-refractivity contribution in [1.29, 1.82) is 0 Å². The average molecular weight is 258 g/mol. The molecular weight excluding hydrogens is 242 g/mol. The van der Waals surface area contributed by atoms with Crippen LogP contribution in [-0.2, 0) is 0 Å². The summed E-state index contributed by atoms with van der Waals surface area (Å²) in [5.41, 5.74) is 6.22. The molecule has 0 aliphatic heterocycles. The number of rotatable bonds is 6. The quantitative estimate of drug-likeness (QED) is 0.528. The van der Waals surface area contributed by atoms with Crippen molar-refractivity contribution in [3.63, 3.8) is 0 Å². The Labute approximate surface area is 105 Å². The minimum atomic E-state index is -0.279. The summed E-state index contributed by atoms with van der Waals surface area (Å²) in [5, 5.41) is 11.5. The van der Waals surface area contributed by atoms with Crippen LogP contribution in [0.5, 0.6) is 0 Å². The van der Waals surface area contributed by atoms with E-state index in [1.807, 2.05) is 0 Å². The van der Waals surface area contributed by atoms with Crippen LogP contribution in [-0.4, -0.2) is 29.1 Å². The predicted octanol–water partition coefficient (Wildman–Crippen LogP) is 1.21. The minimum Gasteiger partial charge on any atom is -0.397 e. The van der Waals surface area contributed by atoms with Crippen LogP contribution in [0.25, 0.3) is 0 Å². The normalized spacial score (nSPS) is 10.2. The summed E-state index contributed by atoms with van der Waals surface area (Å²) in [6, 6.07) is 1.50. The Morgan fingerprint density at radius 1 is 1.47 bits per heavy atom.